The van der Waals surface area contributed by atoms with Crippen molar-refractivity contribution in [1.29, 1.82) is 0 Å². The fourth-order valence-corrected chi connectivity index (χ4v) is 1.44. The fourth-order valence-electron chi connectivity index (χ4n) is 1.44. The highest BCUT2D eigenvalue weighted by Gasteiger charge is 2.31. The molecule has 1 aromatic carbocycles. The van der Waals surface area contributed by atoms with Crippen molar-refractivity contribution in [3.63, 3.8) is 0 Å². The molecule has 0 atom stereocenters. The summed E-state index contributed by atoms with van der Waals surface area (Å²) in [5.41, 5.74) is 3.90. The monoisotopic (exact) mass is 290 g/mol. The van der Waals surface area contributed by atoms with Gasteiger partial charge >= 0.3 is 12.2 Å². The van der Waals surface area contributed by atoms with Gasteiger partial charge in [0.1, 0.15) is 5.82 Å². The van der Waals surface area contributed by atoms with Crippen LogP contribution in [0.3, 0.4) is 0 Å². The Labute approximate surface area is 110 Å². The van der Waals surface area contributed by atoms with Crippen LogP contribution in [0.25, 0.3) is 0 Å². The minimum atomic E-state index is -4.57. The molecule has 9 heteroatoms. The number of benzene rings is 1. The van der Waals surface area contributed by atoms with Crippen molar-refractivity contribution in [3.8, 4) is 0 Å². The minimum absolute atomic E-state index is 0.202. The van der Waals surface area contributed by atoms with Crippen LogP contribution in [0.5, 0.6) is 0 Å². The molecule has 0 aliphatic heterocycles. The van der Waals surface area contributed by atoms with Gasteiger partial charge in [0, 0.05) is 13.0 Å². The van der Waals surface area contributed by atoms with Crippen LogP contribution in [0.4, 0.5) is 29.3 Å². The first-order valence-corrected chi connectivity index (χ1v) is 5.56. The average molecular weight is 290 g/mol. The van der Waals surface area contributed by atoms with Crippen molar-refractivity contribution in [3.05, 3.63) is 35.5 Å². The van der Waals surface area contributed by atoms with Crippen LogP contribution in [0.1, 0.15) is 11.5 Å². The summed E-state index contributed by atoms with van der Waals surface area (Å²) in [6.45, 7) is 0.277. The van der Waals surface area contributed by atoms with Crippen molar-refractivity contribution in [2.24, 2.45) is 5.73 Å². The normalized spacial score (nSPS) is 11.7. The maximum atomic E-state index is 13.5. The van der Waals surface area contributed by atoms with Gasteiger partial charge in [0.15, 0.2) is 0 Å². The van der Waals surface area contributed by atoms with Crippen molar-refractivity contribution >= 4 is 11.7 Å². The minimum Gasteiger partial charge on any atom is -0.408 e. The van der Waals surface area contributed by atoms with Gasteiger partial charge in [0.05, 0.1) is 11.3 Å². The highest BCUT2D eigenvalue weighted by atomic mass is 19.4. The molecule has 0 aliphatic carbocycles. The lowest BCUT2D eigenvalue weighted by molar-refractivity contribution is -0.137. The standard InChI is InChI=1S/C11H10F4N4O/c12-7-2-1-6(11(13,14)15)5-8(7)17-10-19-18-9(20-10)3-4-16/h1-2,5H,3-4,16H2,(H,17,19). The maximum absolute atomic E-state index is 13.5. The summed E-state index contributed by atoms with van der Waals surface area (Å²) < 4.78 is 56.1. The lowest BCUT2D eigenvalue weighted by Crippen LogP contribution is -2.06. The van der Waals surface area contributed by atoms with E-state index < -0.39 is 23.2 Å². The fraction of sp³-hybridized carbons (Fsp3) is 0.273. The zero-order valence-electron chi connectivity index (χ0n) is 10.0. The first kappa shape index (κ1) is 14.3. The van der Waals surface area contributed by atoms with E-state index in [0.29, 0.717) is 24.6 Å². The molecule has 20 heavy (non-hydrogen) atoms. The van der Waals surface area contributed by atoms with Gasteiger partial charge in [0.25, 0.3) is 0 Å². The molecule has 0 saturated heterocycles. The number of halogens is 4. The lowest BCUT2D eigenvalue weighted by Gasteiger charge is -2.09. The van der Waals surface area contributed by atoms with Crippen LogP contribution in [0.15, 0.2) is 22.6 Å². The molecule has 108 valence electrons. The Balaban J connectivity index is 2.23. The van der Waals surface area contributed by atoms with Crippen LogP contribution in [0, 0.1) is 5.82 Å². The van der Waals surface area contributed by atoms with E-state index in [-0.39, 0.29) is 18.5 Å². The lowest BCUT2D eigenvalue weighted by atomic mass is 10.2. The second kappa shape index (κ2) is 5.45. The van der Waals surface area contributed by atoms with Gasteiger partial charge < -0.3 is 15.5 Å². The largest absolute Gasteiger partial charge is 0.416 e. The number of nitrogens with zero attached hydrogens (tertiary/aromatic N) is 2. The Kier molecular flexibility index (Phi) is 3.89. The molecule has 2 rings (SSSR count). The number of rotatable bonds is 4. The van der Waals surface area contributed by atoms with Crippen LogP contribution < -0.4 is 11.1 Å². The average Bonchev–Trinajstić information content (AvgIpc) is 2.78. The molecule has 0 aliphatic rings. The summed E-state index contributed by atoms with van der Waals surface area (Å²) in [4.78, 5) is 0. The summed E-state index contributed by atoms with van der Waals surface area (Å²) in [6, 6.07) is 1.78. The summed E-state index contributed by atoms with van der Waals surface area (Å²) in [6.07, 6.45) is -4.25. The second-order valence-electron chi connectivity index (χ2n) is 3.86. The molecule has 0 unspecified atom stereocenters. The van der Waals surface area contributed by atoms with Gasteiger partial charge in [-0.3, -0.25) is 0 Å². The van der Waals surface area contributed by atoms with E-state index in [9.17, 15) is 17.6 Å². The Hall–Kier alpha value is -2.16. The van der Waals surface area contributed by atoms with E-state index in [1.807, 2.05) is 0 Å². The number of alkyl halides is 3. The first-order valence-electron chi connectivity index (χ1n) is 5.56. The van der Waals surface area contributed by atoms with Crippen molar-refractivity contribution in [2.45, 2.75) is 12.6 Å². The molecule has 3 N–H and O–H groups in total. The third-order valence-corrected chi connectivity index (χ3v) is 2.36. The molecule has 1 aromatic heterocycles. The third kappa shape index (κ3) is 3.23. The summed E-state index contributed by atoms with van der Waals surface area (Å²) in [5, 5.41) is 9.44. The van der Waals surface area contributed by atoms with Crippen LogP contribution >= 0.6 is 0 Å². The Morgan fingerprint density at radius 3 is 2.65 bits per heavy atom. The Bertz CT molecular complexity index is 596. The molecule has 0 bridgehead atoms. The smallest absolute Gasteiger partial charge is 0.408 e. The quantitative estimate of drug-likeness (QED) is 0.846. The summed E-state index contributed by atoms with van der Waals surface area (Å²) in [5.74, 6) is -0.654. The second-order valence-corrected chi connectivity index (χ2v) is 3.86. The number of nitrogens with two attached hydrogens (primary N) is 1. The number of nitrogens with one attached hydrogen (secondary N) is 1. The van der Waals surface area contributed by atoms with E-state index in [2.05, 4.69) is 15.5 Å². The molecular formula is C11H10F4N4O. The van der Waals surface area contributed by atoms with Crippen molar-refractivity contribution in [1.82, 2.24) is 10.2 Å². The zero-order chi connectivity index (χ0) is 14.8. The molecule has 0 radical (unpaired) electrons. The van der Waals surface area contributed by atoms with Gasteiger partial charge in [-0.05, 0) is 18.2 Å². The number of aromatic nitrogens is 2. The van der Waals surface area contributed by atoms with E-state index in [1.54, 1.807) is 0 Å². The molecule has 0 saturated carbocycles. The molecule has 2 aromatic rings. The predicted molar refractivity (Wildman–Crippen MR) is 61.7 cm³/mol. The molecule has 0 fully saturated rings. The number of anilines is 2. The van der Waals surface area contributed by atoms with Gasteiger partial charge in [-0.25, -0.2) is 4.39 Å². The van der Waals surface area contributed by atoms with Crippen molar-refractivity contribution in [2.75, 3.05) is 11.9 Å². The van der Waals surface area contributed by atoms with Crippen LogP contribution in [-0.4, -0.2) is 16.7 Å². The van der Waals surface area contributed by atoms with Crippen LogP contribution in [-0.2, 0) is 12.6 Å². The summed E-state index contributed by atoms with van der Waals surface area (Å²) in [7, 11) is 0. The molecule has 5 nitrogen and oxygen atoms in total. The van der Waals surface area contributed by atoms with Gasteiger partial charge in [-0.15, -0.1) is 5.10 Å². The van der Waals surface area contributed by atoms with E-state index in [1.165, 1.54) is 0 Å². The molecule has 0 spiro atoms. The molecular weight excluding hydrogens is 280 g/mol. The van der Waals surface area contributed by atoms with Gasteiger partial charge in [-0.2, -0.15) is 13.2 Å². The van der Waals surface area contributed by atoms with E-state index >= 15 is 0 Å². The highest BCUT2D eigenvalue weighted by Crippen LogP contribution is 2.32. The molecule has 0 amide bonds. The molecule has 1 heterocycles. The summed E-state index contributed by atoms with van der Waals surface area (Å²) >= 11 is 0. The predicted octanol–water partition coefficient (Wildman–Crippen LogP) is 2.47. The number of hydrogen-bond donors (Lipinski definition) is 2. The van der Waals surface area contributed by atoms with Crippen molar-refractivity contribution < 1.29 is 22.0 Å². The topological polar surface area (TPSA) is 77.0 Å². The van der Waals surface area contributed by atoms with Gasteiger partial charge in [0.2, 0.25) is 5.89 Å². The maximum Gasteiger partial charge on any atom is 0.416 e. The van der Waals surface area contributed by atoms with Crippen LogP contribution in [0.2, 0.25) is 0 Å². The SMILES string of the molecule is NCCc1nnc(Nc2cc(C(F)(F)F)ccc2F)o1. The zero-order valence-corrected chi connectivity index (χ0v) is 10.0. The first-order chi connectivity index (χ1) is 9.40. The van der Waals surface area contributed by atoms with E-state index in [4.69, 9.17) is 10.2 Å². The Morgan fingerprint density at radius 1 is 1.25 bits per heavy atom. The highest BCUT2D eigenvalue weighted by molar-refractivity contribution is 5.54. The van der Waals surface area contributed by atoms with E-state index in [0.717, 1.165) is 0 Å². The third-order valence-electron chi connectivity index (χ3n) is 2.36. The van der Waals surface area contributed by atoms with Gasteiger partial charge in [-0.1, -0.05) is 5.10 Å². The Morgan fingerprint density at radius 2 is 2.00 bits per heavy atom. The number of hydrogen-bond acceptors (Lipinski definition) is 5.